The standard InChI is InChI=1S/C25H41O8P/c1-3-4-5-6-7-8-9-10-11-12-13-14-15-16-17-18-19-20-25(27)33-24(21-31-23(2)26)22-32-34(28,29)30/h4-5,7-8,10-11,13-14,24H,3,6,9,12,15-22H2,1-2H3,(H2,28,29,30)/b5-4-,8-7-,11-10-,14-13-. The third kappa shape index (κ3) is 24.6. The summed E-state index contributed by atoms with van der Waals surface area (Å²) in [6.45, 7) is 2.43. The molecule has 0 aromatic rings. The molecule has 0 aromatic heterocycles. The van der Waals surface area contributed by atoms with E-state index in [9.17, 15) is 14.2 Å². The van der Waals surface area contributed by atoms with Gasteiger partial charge in [0.25, 0.3) is 0 Å². The van der Waals surface area contributed by atoms with Crippen LogP contribution in [0.3, 0.4) is 0 Å². The van der Waals surface area contributed by atoms with Crippen LogP contribution in [0, 0.1) is 0 Å². The second kappa shape index (κ2) is 21.5. The molecule has 0 aliphatic heterocycles. The molecule has 0 saturated heterocycles. The van der Waals surface area contributed by atoms with Crippen molar-refractivity contribution in [2.75, 3.05) is 13.2 Å². The molecule has 0 aromatic carbocycles. The fourth-order valence-corrected chi connectivity index (χ4v) is 3.09. The Bertz CT molecular complexity index is 706. The van der Waals surface area contributed by atoms with Gasteiger partial charge >= 0.3 is 19.8 Å². The molecule has 1 atom stereocenters. The Morgan fingerprint density at radius 3 is 1.94 bits per heavy atom. The molecule has 0 rings (SSSR count). The zero-order valence-electron chi connectivity index (χ0n) is 20.5. The number of esters is 2. The van der Waals surface area contributed by atoms with Gasteiger partial charge in [-0.1, -0.05) is 68.4 Å². The molecular formula is C25H41O8P. The lowest BCUT2D eigenvalue weighted by atomic mass is 10.1. The van der Waals surface area contributed by atoms with Gasteiger partial charge in [0.1, 0.15) is 6.61 Å². The van der Waals surface area contributed by atoms with Crippen LogP contribution in [0.15, 0.2) is 48.6 Å². The first-order valence-corrected chi connectivity index (χ1v) is 13.4. The summed E-state index contributed by atoms with van der Waals surface area (Å²) in [4.78, 5) is 40.4. The summed E-state index contributed by atoms with van der Waals surface area (Å²) in [5, 5.41) is 0. The summed E-state index contributed by atoms with van der Waals surface area (Å²) in [5.41, 5.74) is 0. The van der Waals surface area contributed by atoms with Crippen LogP contribution < -0.4 is 0 Å². The molecule has 0 saturated carbocycles. The molecule has 0 aliphatic rings. The third-order valence-corrected chi connectivity index (χ3v) is 4.91. The predicted molar refractivity (Wildman–Crippen MR) is 133 cm³/mol. The highest BCUT2D eigenvalue weighted by Crippen LogP contribution is 2.35. The minimum Gasteiger partial charge on any atom is -0.462 e. The van der Waals surface area contributed by atoms with E-state index < -0.39 is 32.5 Å². The summed E-state index contributed by atoms with van der Waals surface area (Å²) < 4.78 is 25.0. The molecule has 8 nitrogen and oxygen atoms in total. The zero-order chi connectivity index (χ0) is 25.5. The molecule has 194 valence electrons. The van der Waals surface area contributed by atoms with Crippen molar-refractivity contribution in [2.24, 2.45) is 0 Å². The van der Waals surface area contributed by atoms with Gasteiger partial charge in [-0.25, -0.2) is 4.57 Å². The molecule has 9 heteroatoms. The Labute approximate surface area is 204 Å². The highest BCUT2D eigenvalue weighted by atomic mass is 31.2. The highest BCUT2D eigenvalue weighted by molar-refractivity contribution is 7.46. The van der Waals surface area contributed by atoms with Crippen molar-refractivity contribution < 1.29 is 37.9 Å². The molecule has 0 amide bonds. The van der Waals surface area contributed by atoms with E-state index in [1.807, 2.05) is 0 Å². The van der Waals surface area contributed by atoms with Gasteiger partial charge in [0.05, 0.1) is 6.61 Å². The van der Waals surface area contributed by atoms with E-state index in [2.05, 4.69) is 60.1 Å². The van der Waals surface area contributed by atoms with Crippen molar-refractivity contribution in [3.63, 3.8) is 0 Å². The first-order valence-electron chi connectivity index (χ1n) is 11.9. The van der Waals surface area contributed by atoms with Crippen LogP contribution in [-0.4, -0.2) is 41.0 Å². The summed E-state index contributed by atoms with van der Waals surface area (Å²) in [6.07, 6.45) is 24.9. The highest BCUT2D eigenvalue weighted by Gasteiger charge is 2.22. The fraction of sp³-hybridized carbons (Fsp3) is 0.600. The van der Waals surface area contributed by atoms with Gasteiger partial charge in [0.15, 0.2) is 6.10 Å². The Balaban J connectivity index is 3.85. The lowest BCUT2D eigenvalue weighted by molar-refractivity contribution is -0.160. The van der Waals surface area contributed by atoms with Gasteiger partial charge < -0.3 is 19.3 Å². The van der Waals surface area contributed by atoms with Crippen molar-refractivity contribution in [1.29, 1.82) is 0 Å². The summed E-state index contributed by atoms with van der Waals surface area (Å²) in [7, 11) is -4.71. The summed E-state index contributed by atoms with van der Waals surface area (Å²) >= 11 is 0. The molecular weight excluding hydrogens is 459 g/mol. The Hall–Kier alpha value is -1.99. The van der Waals surface area contributed by atoms with Gasteiger partial charge in [0, 0.05) is 13.3 Å². The first kappa shape index (κ1) is 32.0. The average Bonchev–Trinajstić information content (AvgIpc) is 2.77. The molecule has 0 fully saturated rings. The molecule has 0 aliphatic carbocycles. The number of rotatable bonds is 20. The largest absolute Gasteiger partial charge is 0.469 e. The van der Waals surface area contributed by atoms with Gasteiger partial charge in [-0.05, 0) is 44.9 Å². The second-order valence-corrected chi connectivity index (χ2v) is 8.89. The smallest absolute Gasteiger partial charge is 0.462 e. The molecule has 1 unspecified atom stereocenters. The molecule has 0 radical (unpaired) electrons. The summed E-state index contributed by atoms with van der Waals surface area (Å²) in [5.74, 6) is -1.11. The van der Waals surface area contributed by atoms with E-state index in [-0.39, 0.29) is 13.0 Å². The number of phosphoric ester groups is 1. The van der Waals surface area contributed by atoms with Crippen LogP contribution in [0.5, 0.6) is 0 Å². The maximum Gasteiger partial charge on any atom is 0.469 e. The van der Waals surface area contributed by atoms with Crippen molar-refractivity contribution in [3.05, 3.63) is 48.6 Å². The maximum absolute atomic E-state index is 11.9. The first-order chi connectivity index (χ1) is 16.2. The lowest BCUT2D eigenvalue weighted by Gasteiger charge is -2.18. The lowest BCUT2D eigenvalue weighted by Crippen LogP contribution is -2.29. The maximum atomic E-state index is 11.9. The second-order valence-electron chi connectivity index (χ2n) is 7.65. The number of hydrogen-bond donors (Lipinski definition) is 2. The van der Waals surface area contributed by atoms with E-state index >= 15 is 0 Å². The third-order valence-electron chi connectivity index (χ3n) is 4.42. The topological polar surface area (TPSA) is 119 Å². The van der Waals surface area contributed by atoms with Gasteiger partial charge in [0.2, 0.25) is 0 Å². The molecule has 0 bridgehead atoms. The predicted octanol–water partition coefficient (Wildman–Crippen LogP) is 5.72. The van der Waals surface area contributed by atoms with Crippen LogP contribution in [-0.2, 0) is 28.2 Å². The number of carbonyl (C=O) groups excluding carboxylic acids is 2. The SMILES string of the molecule is CC/C=C\C/C=C\C/C=C\C/C=C\CCCCCCC(=O)OC(COC(C)=O)COP(=O)(O)O. The Morgan fingerprint density at radius 1 is 0.824 bits per heavy atom. The van der Waals surface area contributed by atoms with Crippen LogP contribution >= 0.6 is 7.82 Å². The van der Waals surface area contributed by atoms with Crippen LogP contribution in [0.25, 0.3) is 0 Å². The number of phosphoric acid groups is 1. The number of unbranched alkanes of at least 4 members (excludes halogenated alkanes) is 4. The van der Waals surface area contributed by atoms with Gasteiger partial charge in [-0.2, -0.15) is 0 Å². The van der Waals surface area contributed by atoms with Crippen LogP contribution in [0.4, 0.5) is 0 Å². The van der Waals surface area contributed by atoms with Crippen molar-refractivity contribution in [1.82, 2.24) is 0 Å². The summed E-state index contributed by atoms with van der Waals surface area (Å²) in [6, 6.07) is 0. The van der Waals surface area contributed by atoms with Gasteiger partial charge in [-0.3, -0.25) is 14.1 Å². The Morgan fingerprint density at radius 2 is 1.38 bits per heavy atom. The van der Waals surface area contributed by atoms with E-state index in [1.54, 1.807) is 0 Å². The van der Waals surface area contributed by atoms with E-state index in [4.69, 9.17) is 19.3 Å². The van der Waals surface area contributed by atoms with Crippen molar-refractivity contribution in [3.8, 4) is 0 Å². The minimum atomic E-state index is -4.71. The van der Waals surface area contributed by atoms with Crippen LogP contribution in [0.2, 0.25) is 0 Å². The Kier molecular flexibility index (Phi) is 20.3. The number of hydrogen-bond acceptors (Lipinski definition) is 6. The van der Waals surface area contributed by atoms with Crippen molar-refractivity contribution >= 4 is 19.8 Å². The zero-order valence-corrected chi connectivity index (χ0v) is 21.4. The quantitative estimate of drug-likeness (QED) is 0.0943. The van der Waals surface area contributed by atoms with E-state index in [0.29, 0.717) is 6.42 Å². The van der Waals surface area contributed by atoms with Gasteiger partial charge in [-0.15, -0.1) is 0 Å². The number of carbonyl (C=O) groups is 2. The normalized spacial score (nSPS) is 13.4. The van der Waals surface area contributed by atoms with E-state index in [0.717, 1.165) is 51.4 Å². The minimum absolute atomic E-state index is 0.177. The van der Waals surface area contributed by atoms with Crippen molar-refractivity contribution in [2.45, 2.75) is 84.2 Å². The number of ether oxygens (including phenoxy) is 2. The monoisotopic (exact) mass is 500 g/mol. The van der Waals surface area contributed by atoms with Crippen LogP contribution in [0.1, 0.15) is 78.1 Å². The molecule has 34 heavy (non-hydrogen) atoms. The number of allylic oxidation sites excluding steroid dienone is 8. The molecule has 0 spiro atoms. The van der Waals surface area contributed by atoms with E-state index in [1.165, 1.54) is 6.92 Å². The molecule has 2 N–H and O–H groups in total. The average molecular weight is 501 g/mol. The fourth-order valence-electron chi connectivity index (χ4n) is 2.73. The molecule has 0 heterocycles.